The van der Waals surface area contributed by atoms with Gasteiger partial charge in [-0.2, -0.15) is 0 Å². The molecular formula is C11H18Br2O4. The Balaban J connectivity index is 3.28. The van der Waals surface area contributed by atoms with Crippen molar-refractivity contribution < 1.29 is 19.1 Å². The maximum atomic E-state index is 11.1. The summed E-state index contributed by atoms with van der Waals surface area (Å²) in [4.78, 5) is 22.2. The Morgan fingerprint density at radius 2 is 1.18 bits per heavy atom. The first-order valence-corrected chi connectivity index (χ1v) is 7.88. The Morgan fingerprint density at radius 3 is 1.53 bits per heavy atom. The average molecular weight is 374 g/mol. The molecule has 100 valence electrons. The zero-order valence-corrected chi connectivity index (χ0v) is 12.9. The molecule has 6 heteroatoms. The van der Waals surface area contributed by atoms with Crippen LogP contribution in [0, 0.1) is 0 Å². The molecule has 0 aromatic rings. The van der Waals surface area contributed by atoms with Crippen LogP contribution in [0.15, 0.2) is 0 Å². The van der Waals surface area contributed by atoms with Crippen molar-refractivity contribution in [2.45, 2.75) is 32.1 Å². The van der Waals surface area contributed by atoms with Gasteiger partial charge in [-0.25, -0.2) is 0 Å². The summed E-state index contributed by atoms with van der Waals surface area (Å²) in [5.41, 5.74) is 0. The monoisotopic (exact) mass is 372 g/mol. The van der Waals surface area contributed by atoms with E-state index in [4.69, 9.17) is 9.47 Å². The van der Waals surface area contributed by atoms with Gasteiger partial charge in [0.25, 0.3) is 0 Å². The Labute approximate surface area is 119 Å². The Hall–Kier alpha value is -0.100. The van der Waals surface area contributed by atoms with Crippen LogP contribution in [-0.4, -0.2) is 35.8 Å². The quantitative estimate of drug-likeness (QED) is 0.335. The topological polar surface area (TPSA) is 52.6 Å². The van der Waals surface area contributed by atoms with Crippen LogP contribution in [0.1, 0.15) is 32.1 Å². The molecule has 0 aromatic heterocycles. The SMILES string of the molecule is O=C(CCCBr)OCCCOC(=O)CCCBr. The minimum absolute atomic E-state index is 0.199. The highest BCUT2D eigenvalue weighted by Gasteiger charge is 2.03. The summed E-state index contributed by atoms with van der Waals surface area (Å²) >= 11 is 6.48. The van der Waals surface area contributed by atoms with Crippen molar-refractivity contribution >= 4 is 43.8 Å². The first kappa shape index (κ1) is 16.9. The van der Waals surface area contributed by atoms with Gasteiger partial charge in [0.05, 0.1) is 13.2 Å². The highest BCUT2D eigenvalue weighted by Crippen LogP contribution is 1.99. The number of hydrogen-bond acceptors (Lipinski definition) is 4. The van der Waals surface area contributed by atoms with Gasteiger partial charge < -0.3 is 9.47 Å². The summed E-state index contributed by atoms with van der Waals surface area (Å²) in [6, 6.07) is 0. The first-order valence-electron chi connectivity index (χ1n) is 5.64. The number of rotatable bonds is 10. The van der Waals surface area contributed by atoms with E-state index >= 15 is 0 Å². The van der Waals surface area contributed by atoms with Crippen LogP contribution >= 0.6 is 31.9 Å². The van der Waals surface area contributed by atoms with Crippen LogP contribution in [0.2, 0.25) is 0 Å². The standard InChI is InChI=1S/C11H18Br2O4/c12-6-1-4-10(14)16-8-3-9-17-11(15)5-2-7-13/h1-9H2. The Bertz CT molecular complexity index is 200. The van der Waals surface area contributed by atoms with E-state index < -0.39 is 0 Å². The third kappa shape index (κ3) is 12.2. The molecule has 0 fully saturated rings. The molecular weight excluding hydrogens is 356 g/mol. The van der Waals surface area contributed by atoms with Crippen molar-refractivity contribution in [3.8, 4) is 0 Å². The maximum Gasteiger partial charge on any atom is 0.305 e. The van der Waals surface area contributed by atoms with Crippen molar-refractivity contribution in [3.05, 3.63) is 0 Å². The van der Waals surface area contributed by atoms with Crippen molar-refractivity contribution in [1.82, 2.24) is 0 Å². The molecule has 0 aliphatic heterocycles. The summed E-state index contributed by atoms with van der Waals surface area (Å²) < 4.78 is 9.90. The smallest absolute Gasteiger partial charge is 0.305 e. The molecule has 0 unspecified atom stereocenters. The number of carbonyl (C=O) groups excluding carboxylic acids is 2. The summed E-state index contributed by atoms with van der Waals surface area (Å²) in [5.74, 6) is -0.398. The molecule has 0 bridgehead atoms. The highest BCUT2D eigenvalue weighted by molar-refractivity contribution is 9.09. The highest BCUT2D eigenvalue weighted by atomic mass is 79.9. The predicted molar refractivity (Wildman–Crippen MR) is 72.6 cm³/mol. The molecule has 0 N–H and O–H groups in total. The molecule has 0 radical (unpaired) electrons. The van der Waals surface area contributed by atoms with Gasteiger partial charge in [-0.15, -0.1) is 0 Å². The third-order valence-electron chi connectivity index (χ3n) is 1.84. The number of carbonyl (C=O) groups is 2. The fourth-order valence-corrected chi connectivity index (χ4v) is 1.56. The lowest BCUT2D eigenvalue weighted by molar-refractivity contribution is -0.146. The van der Waals surface area contributed by atoms with Gasteiger partial charge in [0.2, 0.25) is 0 Å². The molecule has 0 spiro atoms. The lowest BCUT2D eigenvalue weighted by Crippen LogP contribution is -2.10. The fraction of sp³-hybridized carbons (Fsp3) is 0.818. The van der Waals surface area contributed by atoms with Crippen LogP contribution in [-0.2, 0) is 19.1 Å². The van der Waals surface area contributed by atoms with Crippen LogP contribution in [0.4, 0.5) is 0 Å². The van der Waals surface area contributed by atoms with Crippen molar-refractivity contribution in [3.63, 3.8) is 0 Å². The number of hydrogen-bond donors (Lipinski definition) is 0. The number of esters is 2. The molecule has 0 aliphatic rings. The van der Waals surface area contributed by atoms with Gasteiger partial charge in [0.15, 0.2) is 0 Å². The van der Waals surface area contributed by atoms with Crippen molar-refractivity contribution in [1.29, 1.82) is 0 Å². The number of alkyl halides is 2. The largest absolute Gasteiger partial charge is 0.466 e. The van der Waals surface area contributed by atoms with Crippen LogP contribution in [0.3, 0.4) is 0 Å². The van der Waals surface area contributed by atoms with Gasteiger partial charge in [-0.1, -0.05) is 31.9 Å². The van der Waals surface area contributed by atoms with Crippen molar-refractivity contribution in [2.24, 2.45) is 0 Å². The minimum Gasteiger partial charge on any atom is -0.466 e. The van der Waals surface area contributed by atoms with E-state index in [2.05, 4.69) is 31.9 Å². The molecule has 0 aliphatic carbocycles. The van der Waals surface area contributed by atoms with E-state index in [0.717, 1.165) is 23.5 Å². The predicted octanol–water partition coefficient (Wildman–Crippen LogP) is 2.81. The van der Waals surface area contributed by atoms with E-state index in [1.807, 2.05) is 0 Å². The van der Waals surface area contributed by atoms with Gasteiger partial charge in [0.1, 0.15) is 0 Å². The summed E-state index contributed by atoms with van der Waals surface area (Å²) in [6.07, 6.45) is 2.97. The number of halogens is 2. The Morgan fingerprint density at radius 1 is 0.765 bits per heavy atom. The summed E-state index contributed by atoms with van der Waals surface area (Å²) in [5, 5.41) is 1.60. The maximum absolute atomic E-state index is 11.1. The second-order valence-electron chi connectivity index (χ2n) is 3.38. The molecule has 0 rings (SSSR count). The van der Waals surface area contributed by atoms with E-state index in [0.29, 0.717) is 32.5 Å². The normalized spacial score (nSPS) is 10.0. The van der Waals surface area contributed by atoms with Gasteiger partial charge in [0, 0.05) is 29.9 Å². The van der Waals surface area contributed by atoms with Gasteiger partial charge in [-0.05, 0) is 12.8 Å². The number of ether oxygens (including phenoxy) is 2. The fourth-order valence-electron chi connectivity index (χ4n) is 0.998. The van der Waals surface area contributed by atoms with Gasteiger partial charge in [-0.3, -0.25) is 9.59 Å². The van der Waals surface area contributed by atoms with Crippen LogP contribution in [0.5, 0.6) is 0 Å². The molecule has 0 heterocycles. The molecule has 4 nitrogen and oxygen atoms in total. The molecule has 0 atom stereocenters. The minimum atomic E-state index is -0.199. The lowest BCUT2D eigenvalue weighted by Gasteiger charge is -2.05. The molecule has 17 heavy (non-hydrogen) atoms. The third-order valence-corrected chi connectivity index (χ3v) is 2.97. The van der Waals surface area contributed by atoms with Gasteiger partial charge >= 0.3 is 11.9 Å². The van der Waals surface area contributed by atoms with E-state index in [1.54, 1.807) is 0 Å². The summed E-state index contributed by atoms with van der Waals surface area (Å²) in [6.45, 7) is 0.625. The zero-order chi connectivity index (χ0) is 12.9. The molecule has 0 saturated carbocycles. The van der Waals surface area contributed by atoms with E-state index in [-0.39, 0.29) is 11.9 Å². The van der Waals surface area contributed by atoms with Crippen LogP contribution in [0.25, 0.3) is 0 Å². The van der Waals surface area contributed by atoms with E-state index in [9.17, 15) is 9.59 Å². The first-order chi connectivity index (χ1) is 8.20. The Kier molecular flexibility index (Phi) is 12.3. The van der Waals surface area contributed by atoms with E-state index in [1.165, 1.54) is 0 Å². The van der Waals surface area contributed by atoms with Crippen LogP contribution < -0.4 is 0 Å². The second-order valence-corrected chi connectivity index (χ2v) is 4.97. The lowest BCUT2D eigenvalue weighted by atomic mass is 10.3. The molecule has 0 aromatic carbocycles. The summed E-state index contributed by atoms with van der Waals surface area (Å²) in [7, 11) is 0. The van der Waals surface area contributed by atoms with Crippen molar-refractivity contribution in [2.75, 3.05) is 23.9 Å². The average Bonchev–Trinajstić information content (AvgIpc) is 2.33. The molecule has 0 saturated heterocycles. The zero-order valence-electron chi connectivity index (χ0n) is 9.75. The second kappa shape index (κ2) is 12.4. The molecule has 0 amide bonds.